The lowest BCUT2D eigenvalue weighted by Crippen LogP contribution is -2.24. The standard InChI is InChI=1S/C17H18ClF2N/c1-3-8-21-17(12-7-5-4-6-11(12)2)13-9-15(19)16(20)10-14(13)18/h4-7,9-10,17,21H,3,8H2,1-2H3. The van der Waals surface area contributed by atoms with E-state index in [1.807, 2.05) is 31.2 Å². The Balaban J connectivity index is 2.51. The second-order valence-electron chi connectivity index (χ2n) is 5.03. The molecular formula is C17H18ClF2N. The summed E-state index contributed by atoms with van der Waals surface area (Å²) in [6.07, 6.45) is 0.934. The van der Waals surface area contributed by atoms with E-state index < -0.39 is 11.6 Å². The topological polar surface area (TPSA) is 12.0 Å². The normalized spacial score (nSPS) is 12.4. The second-order valence-corrected chi connectivity index (χ2v) is 5.44. The molecule has 2 rings (SSSR count). The molecule has 0 bridgehead atoms. The lowest BCUT2D eigenvalue weighted by atomic mass is 9.94. The van der Waals surface area contributed by atoms with Crippen molar-refractivity contribution in [1.82, 2.24) is 5.32 Å². The van der Waals surface area contributed by atoms with E-state index in [9.17, 15) is 8.78 Å². The van der Waals surface area contributed by atoms with Gasteiger partial charge in [0.25, 0.3) is 0 Å². The van der Waals surface area contributed by atoms with Crippen LogP contribution in [0, 0.1) is 18.6 Å². The first-order chi connectivity index (χ1) is 10.0. The molecule has 0 aliphatic rings. The van der Waals surface area contributed by atoms with Crippen LogP contribution in [0.4, 0.5) is 8.78 Å². The van der Waals surface area contributed by atoms with Crippen LogP contribution in [0.3, 0.4) is 0 Å². The van der Waals surface area contributed by atoms with Gasteiger partial charge in [0.2, 0.25) is 0 Å². The van der Waals surface area contributed by atoms with Crippen molar-refractivity contribution in [2.24, 2.45) is 0 Å². The average Bonchev–Trinajstić information content (AvgIpc) is 2.46. The molecule has 0 fully saturated rings. The van der Waals surface area contributed by atoms with Crippen molar-refractivity contribution in [3.63, 3.8) is 0 Å². The van der Waals surface area contributed by atoms with E-state index >= 15 is 0 Å². The van der Waals surface area contributed by atoms with Gasteiger partial charge in [-0.05, 0) is 48.7 Å². The van der Waals surface area contributed by atoms with Crippen molar-refractivity contribution in [3.05, 3.63) is 69.7 Å². The summed E-state index contributed by atoms with van der Waals surface area (Å²) in [6.45, 7) is 4.80. The van der Waals surface area contributed by atoms with Crippen molar-refractivity contribution in [3.8, 4) is 0 Å². The van der Waals surface area contributed by atoms with Crippen LogP contribution in [-0.2, 0) is 0 Å². The number of nitrogens with one attached hydrogen (secondary N) is 1. The van der Waals surface area contributed by atoms with Gasteiger partial charge in [-0.1, -0.05) is 42.8 Å². The molecule has 1 unspecified atom stereocenters. The van der Waals surface area contributed by atoms with Gasteiger partial charge >= 0.3 is 0 Å². The maximum Gasteiger partial charge on any atom is 0.160 e. The molecule has 1 atom stereocenters. The lowest BCUT2D eigenvalue weighted by molar-refractivity contribution is 0.503. The SMILES string of the molecule is CCCNC(c1ccccc1C)c1cc(F)c(F)cc1Cl. The Morgan fingerprint density at radius 1 is 1.10 bits per heavy atom. The maximum absolute atomic E-state index is 13.6. The fourth-order valence-electron chi connectivity index (χ4n) is 2.35. The summed E-state index contributed by atoms with van der Waals surface area (Å²) in [5.74, 6) is -1.81. The van der Waals surface area contributed by atoms with Crippen LogP contribution in [0.25, 0.3) is 0 Å². The first-order valence-corrected chi connectivity index (χ1v) is 7.35. The van der Waals surface area contributed by atoms with Gasteiger partial charge in [0, 0.05) is 5.02 Å². The first-order valence-electron chi connectivity index (χ1n) is 6.98. The van der Waals surface area contributed by atoms with Crippen LogP contribution >= 0.6 is 11.6 Å². The molecule has 1 nitrogen and oxygen atoms in total. The Labute approximate surface area is 128 Å². The number of hydrogen-bond acceptors (Lipinski definition) is 1. The van der Waals surface area contributed by atoms with Crippen molar-refractivity contribution >= 4 is 11.6 Å². The van der Waals surface area contributed by atoms with Crippen molar-refractivity contribution in [1.29, 1.82) is 0 Å². The molecule has 0 spiro atoms. The molecule has 2 aromatic rings. The fourth-order valence-corrected chi connectivity index (χ4v) is 2.61. The molecule has 4 heteroatoms. The Morgan fingerprint density at radius 3 is 2.43 bits per heavy atom. The smallest absolute Gasteiger partial charge is 0.160 e. The molecule has 0 saturated heterocycles. The van der Waals surface area contributed by atoms with Gasteiger partial charge in [0.05, 0.1) is 6.04 Å². The van der Waals surface area contributed by atoms with Crippen LogP contribution in [0.1, 0.15) is 36.1 Å². The second kappa shape index (κ2) is 7.01. The van der Waals surface area contributed by atoms with Gasteiger partial charge < -0.3 is 5.32 Å². The molecule has 0 aromatic heterocycles. The largest absolute Gasteiger partial charge is 0.306 e. The summed E-state index contributed by atoms with van der Waals surface area (Å²) in [5, 5.41) is 3.58. The predicted molar refractivity (Wildman–Crippen MR) is 82.7 cm³/mol. The summed E-state index contributed by atoms with van der Waals surface area (Å²) in [4.78, 5) is 0. The van der Waals surface area contributed by atoms with Crippen LogP contribution in [0.5, 0.6) is 0 Å². The van der Waals surface area contributed by atoms with Crippen LogP contribution < -0.4 is 5.32 Å². The third kappa shape index (κ3) is 3.60. The summed E-state index contributed by atoms with van der Waals surface area (Å²) in [7, 11) is 0. The van der Waals surface area contributed by atoms with Crippen LogP contribution in [0.2, 0.25) is 5.02 Å². The minimum atomic E-state index is -0.928. The Bertz CT molecular complexity index is 628. The maximum atomic E-state index is 13.6. The highest BCUT2D eigenvalue weighted by Crippen LogP contribution is 2.31. The van der Waals surface area contributed by atoms with E-state index in [1.54, 1.807) is 0 Å². The van der Waals surface area contributed by atoms with Crippen molar-refractivity contribution in [2.75, 3.05) is 6.54 Å². The minimum Gasteiger partial charge on any atom is -0.306 e. The van der Waals surface area contributed by atoms with Crippen molar-refractivity contribution in [2.45, 2.75) is 26.3 Å². The summed E-state index contributed by atoms with van der Waals surface area (Å²) in [5.41, 5.74) is 2.64. The van der Waals surface area contributed by atoms with Crippen molar-refractivity contribution < 1.29 is 8.78 Å². The van der Waals surface area contributed by atoms with E-state index in [4.69, 9.17) is 11.6 Å². The number of rotatable bonds is 5. The molecule has 0 amide bonds. The zero-order chi connectivity index (χ0) is 15.4. The van der Waals surface area contributed by atoms with E-state index in [2.05, 4.69) is 12.2 Å². The van der Waals surface area contributed by atoms with Gasteiger partial charge in [0.15, 0.2) is 11.6 Å². The van der Waals surface area contributed by atoms with E-state index in [1.165, 1.54) is 6.07 Å². The number of benzene rings is 2. The van der Waals surface area contributed by atoms with E-state index in [0.717, 1.165) is 30.2 Å². The third-order valence-electron chi connectivity index (χ3n) is 3.45. The summed E-state index contributed by atoms with van der Waals surface area (Å²) in [6, 6.07) is 9.79. The molecule has 21 heavy (non-hydrogen) atoms. The number of aryl methyl sites for hydroxylation is 1. The first kappa shape index (κ1) is 15.9. The number of halogens is 3. The summed E-state index contributed by atoms with van der Waals surface area (Å²) >= 11 is 6.13. The molecule has 0 radical (unpaired) electrons. The van der Waals surface area contributed by atoms with Gasteiger partial charge in [-0.25, -0.2) is 8.78 Å². The van der Waals surface area contributed by atoms with Crippen LogP contribution in [0.15, 0.2) is 36.4 Å². The molecular weight excluding hydrogens is 292 g/mol. The minimum absolute atomic E-state index is 0.228. The Morgan fingerprint density at radius 2 is 1.76 bits per heavy atom. The molecule has 1 N–H and O–H groups in total. The predicted octanol–water partition coefficient (Wildman–Crippen LogP) is 5.02. The highest BCUT2D eigenvalue weighted by molar-refractivity contribution is 6.31. The summed E-state index contributed by atoms with van der Waals surface area (Å²) < 4.78 is 26.9. The van der Waals surface area contributed by atoms with E-state index in [0.29, 0.717) is 5.56 Å². The van der Waals surface area contributed by atoms with Gasteiger partial charge in [0.1, 0.15) is 0 Å². The molecule has 0 aliphatic heterocycles. The van der Waals surface area contributed by atoms with Gasteiger partial charge in [-0.15, -0.1) is 0 Å². The lowest BCUT2D eigenvalue weighted by Gasteiger charge is -2.22. The molecule has 112 valence electrons. The number of hydrogen-bond donors (Lipinski definition) is 1. The van der Waals surface area contributed by atoms with Crippen LogP contribution in [-0.4, -0.2) is 6.54 Å². The molecule has 0 aliphatic carbocycles. The zero-order valence-corrected chi connectivity index (χ0v) is 12.8. The third-order valence-corrected chi connectivity index (χ3v) is 3.78. The fraction of sp³-hybridized carbons (Fsp3) is 0.294. The molecule has 2 aromatic carbocycles. The Kier molecular flexibility index (Phi) is 5.32. The molecule has 0 saturated carbocycles. The van der Waals surface area contributed by atoms with Gasteiger partial charge in [-0.2, -0.15) is 0 Å². The quantitative estimate of drug-likeness (QED) is 0.765. The van der Waals surface area contributed by atoms with E-state index in [-0.39, 0.29) is 11.1 Å². The zero-order valence-electron chi connectivity index (χ0n) is 12.1. The molecule has 0 heterocycles. The highest BCUT2D eigenvalue weighted by atomic mass is 35.5. The average molecular weight is 310 g/mol. The monoisotopic (exact) mass is 309 g/mol. The highest BCUT2D eigenvalue weighted by Gasteiger charge is 2.20. The Hall–Kier alpha value is -1.45. The van der Waals surface area contributed by atoms with Gasteiger partial charge in [-0.3, -0.25) is 0 Å².